The van der Waals surface area contributed by atoms with Crippen LogP contribution in [0.25, 0.3) is 0 Å². The zero-order valence-corrected chi connectivity index (χ0v) is 8.27. The third-order valence-corrected chi connectivity index (χ3v) is 1.75. The Bertz CT molecular complexity index is 103. The van der Waals surface area contributed by atoms with Crippen LogP contribution in [0.2, 0.25) is 0 Å². The second-order valence-corrected chi connectivity index (χ2v) is 3.03. The van der Waals surface area contributed by atoms with Crippen molar-refractivity contribution in [2.24, 2.45) is 0 Å². The zero-order chi connectivity index (χ0) is 9.23. The van der Waals surface area contributed by atoms with Gasteiger partial charge in [-0.1, -0.05) is 33.1 Å². The Morgan fingerprint density at radius 2 is 1.69 bits per heavy atom. The monoisotopic (exact) mass is 202 g/mol. The van der Waals surface area contributed by atoms with Crippen LogP contribution in [0.3, 0.4) is 0 Å². The van der Waals surface area contributed by atoms with E-state index >= 15 is 0 Å². The van der Waals surface area contributed by atoms with Crippen molar-refractivity contribution in [1.82, 2.24) is 0 Å². The van der Waals surface area contributed by atoms with Crippen molar-refractivity contribution in [1.29, 1.82) is 0 Å². The molecule has 3 heteroatoms. The summed E-state index contributed by atoms with van der Waals surface area (Å²) in [5, 5.41) is 0. The fraction of sp³-hybridized carbons (Fsp3) is 0.900. The lowest BCUT2D eigenvalue weighted by Crippen LogP contribution is -2.05. The molecule has 0 saturated carbocycles. The Kier molecular flexibility index (Phi) is 14.3. The maximum absolute atomic E-state index is 11.0. The van der Waals surface area contributed by atoms with E-state index < -0.39 is 0 Å². The van der Waals surface area contributed by atoms with Crippen LogP contribution in [0.4, 0.5) is 0 Å². The van der Waals surface area contributed by atoms with Gasteiger partial charge in [0.2, 0.25) is 0 Å². The molecule has 0 rings (SSSR count). The van der Waals surface area contributed by atoms with Crippen molar-refractivity contribution in [3.63, 3.8) is 0 Å². The summed E-state index contributed by atoms with van der Waals surface area (Å²) in [5.74, 6) is -0.0306. The summed E-state index contributed by atoms with van der Waals surface area (Å²) in [5.41, 5.74) is 0. The van der Waals surface area contributed by atoms with E-state index in [2.05, 4.69) is 13.8 Å². The maximum atomic E-state index is 11.0. The Morgan fingerprint density at radius 3 is 2.23 bits per heavy atom. The minimum Gasteiger partial charge on any atom is -0.466 e. The van der Waals surface area contributed by atoms with E-state index in [-0.39, 0.29) is 23.3 Å². The summed E-state index contributed by atoms with van der Waals surface area (Å²) in [6.45, 7) is 4.81. The Morgan fingerprint density at radius 1 is 1.08 bits per heavy atom. The van der Waals surface area contributed by atoms with Crippen molar-refractivity contribution in [3.8, 4) is 0 Å². The summed E-state index contributed by atoms with van der Waals surface area (Å²) in [7, 11) is 0. The lowest BCUT2D eigenvalue weighted by atomic mass is 10.2. The van der Waals surface area contributed by atoms with Crippen LogP contribution in [0.5, 0.6) is 0 Å². The van der Waals surface area contributed by atoms with Gasteiger partial charge in [-0.25, -0.2) is 0 Å². The standard InChI is InChI=1S/C10H20O2.Al.3H/c1-3-5-7-8-10(11)12-9-6-4-2;;;;/h3-9H2,1-2H3;;;;. The minimum absolute atomic E-state index is 0. The van der Waals surface area contributed by atoms with E-state index in [0.29, 0.717) is 13.0 Å². The third kappa shape index (κ3) is 12.0. The molecule has 0 amide bonds. The molecule has 0 fully saturated rings. The molecule has 0 bridgehead atoms. The third-order valence-electron chi connectivity index (χ3n) is 1.75. The molecule has 0 heterocycles. The van der Waals surface area contributed by atoms with Crippen molar-refractivity contribution in [3.05, 3.63) is 0 Å². The number of hydrogen-bond acceptors (Lipinski definition) is 2. The van der Waals surface area contributed by atoms with Crippen LogP contribution in [-0.2, 0) is 9.53 Å². The van der Waals surface area contributed by atoms with Gasteiger partial charge >= 0.3 is 5.97 Å². The van der Waals surface area contributed by atoms with Gasteiger partial charge in [-0.3, -0.25) is 4.79 Å². The molecule has 0 aromatic heterocycles. The summed E-state index contributed by atoms with van der Waals surface area (Å²) < 4.78 is 4.99. The summed E-state index contributed by atoms with van der Waals surface area (Å²) >= 11 is 0. The fourth-order valence-corrected chi connectivity index (χ4v) is 0.922. The number of hydrogen-bond donors (Lipinski definition) is 0. The molecule has 0 aliphatic carbocycles. The summed E-state index contributed by atoms with van der Waals surface area (Å²) in [6, 6.07) is 0. The van der Waals surface area contributed by atoms with Gasteiger partial charge in [0, 0.05) is 6.42 Å². The van der Waals surface area contributed by atoms with E-state index in [1.807, 2.05) is 0 Å². The minimum atomic E-state index is -0.0306. The average Bonchev–Trinajstić information content (AvgIpc) is 2.06. The highest BCUT2D eigenvalue weighted by Crippen LogP contribution is 2.00. The fourth-order valence-electron chi connectivity index (χ4n) is 0.922. The second-order valence-electron chi connectivity index (χ2n) is 3.03. The molecule has 0 spiro atoms. The number of carbonyl (C=O) groups is 1. The lowest BCUT2D eigenvalue weighted by molar-refractivity contribution is -0.143. The highest BCUT2D eigenvalue weighted by atomic mass is 27.0. The van der Waals surface area contributed by atoms with Crippen molar-refractivity contribution >= 4 is 23.3 Å². The van der Waals surface area contributed by atoms with Gasteiger partial charge in [0.15, 0.2) is 17.4 Å². The van der Waals surface area contributed by atoms with Gasteiger partial charge < -0.3 is 4.74 Å². The van der Waals surface area contributed by atoms with Gasteiger partial charge in [-0.05, 0) is 12.8 Å². The van der Waals surface area contributed by atoms with Crippen molar-refractivity contribution < 1.29 is 9.53 Å². The molecule has 0 aromatic carbocycles. The first-order valence-corrected chi connectivity index (χ1v) is 4.96. The molecule has 13 heavy (non-hydrogen) atoms. The number of ether oxygens (including phenoxy) is 1. The molecule has 0 saturated heterocycles. The highest BCUT2D eigenvalue weighted by molar-refractivity contribution is 5.75. The quantitative estimate of drug-likeness (QED) is 0.357. The van der Waals surface area contributed by atoms with E-state index in [4.69, 9.17) is 4.74 Å². The van der Waals surface area contributed by atoms with E-state index in [1.165, 1.54) is 0 Å². The molecule has 0 atom stereocenters. The van der Waals surface area contributed by atoms with Crippen LogP contribution in [0.1, 0.15) is 52.4 Å². The number of esters is 1. The molecule has 0 aliphatic rings. The molecular formula is C10H23AlO2. The smallest absolute Gasteiger partial charge is 0.305 e. The summed E-state index contributed by atoms with van der Waals surface area (Å²) in [4.78, 5) is 11.0. The lowest BCUT2D eigenvalue weighted by Gasteiger charge is -2.02. The van der Waals surface area contributed by atoms with Gasteiger partial charge in [0.05, 0.1) is 6.61 Å². The molecule has 0 aliphatic heterocycles. The van der Waals surface area contributed by atoms with E-state index in [9.17, 15) is 4.79 Å². The molecule has 0 N–H and O–H groups in total. The van der Waals surface area contributed by atoms with Gasteiger partial charge in [-0.2, -0.15) is 0 Å². The molecule has 2 nitrogen and oxygen atoms in total. The predicted molar refractivity (Wildman–Crippen MR) is 59.9 cm³/mol. The Balaban J connectivity index is 0. The van der Waals surface area contributed by atoms with Gasteiger partial charge in [0.25, 0.3) is 0 Å². The summed E-state index contributed by atoms with van der Waals surface area (Å²) in [6.07, 6.45) is 5.92. The molecule has 0 unspecified atom stereocenters. The average molecular weight is 202 g/mol. The van der Waals surface area contributed by atoms with Crippen LogP contribution in [-0.4, -0.2) is 29.9 Å². The first kappa shape index (κ1) is 15.5. The molecule has 0 aromatic rings. The maximum Gasteiger partial charge on any atom is 0.305 e. The van der Waals surface area contributed by atoms with E-state index in [1.54, 1.807) is 0 Å². The molecule has 78 valence electrons. The van der Waals surface area contributed by atoms with Gasteiger partial charge in [-0.15, -0.1) is 0 Å². The number of unbranched alkanes of at least 4 members (excludes halogenated alkanes) is 3. The van der Waals surface area contributed by atoms with Crippen LogP contribution < -0.4 is 0 Å². The van der Waals surface area contributed by atoms with Crippen LogP contribution in [0, 0.1) is 0 Å². The topological polar surface area (TPSA) is 26.3 Å². The number of carbonyl (C=O) groups excluding carboxylic acids is 1. The Hall–Kier alpha value is 0.00247. The highest BCUT2D eigenvalue weighted by Gasteiger charge is 2.00. The SMILES string of the molecule is CCCCCC(=O)OCCCC.[AlH3]. The van der Waals surface area contributed by atoms with Crippen LogP contribution >= 0.6 is 0 Å². The predicted octanol–water partition coefficient (Wildman–Crippen LogP) is 1.73. The normalized spacial score (nSPS) is 9.08. The van der Waals surface area contributed by atoms with Crippen molar-refractivity contribution in [2.75, 3.05) is 6.61 Å². The zero-order valence-electron chi connectivity index (χ0n) is 8.27. The van der Waals surface area contributed by atoms with Crippen LogP contribution in [0.15, 0.2) is 0 Å². The molecule has 0 radical (unpaired) electrons. The molecular weight excluding hydrogens is 179 g/mol. The van der Waals surface area contributed by atoms with Crippen molar-refractivity contribution in [2.45, 2.75) is 52.4 Å². The first-order valence-electron chi connectivity index (χ1n) is 4.96. The Labute approximate surface area is 92.2 Å². The largest absolute Gasteiger partial charge is 0.466 e. The second kappa shape index (κ2) is 12.0. The van der Waals surface area contributed by atoms with E-state index in [0.717, 1.165) is 32.1 Å². The van der Waals surface area contributed by atoms with Gasteiger partial charge in [0.1, 0.15) is 0 Å². The number of rotatable bonds is 7. The first-order chi connectivity index (χ1) is 5.81.